The maximum atomic E-state index is 12.6. The van der Waals surface area contributed by atoms with E-state index >= 15 is 0 Å². The van der Waals surface area contributed by atoms with Crippen molar-refractivity contribution >= 4 is 33.2 Å². The van der Waals surface area contributed by atoms with Crippen LogP contribution >= 0.6 is 23.2 Å². The summed E-state index contributed by atoms with van der Waals surface area (Å²) in [5.74, 6) is -0.483. The third kappa shape index (κ3) is 3.04. The van der Waals surface area contributed by atoms with Crippen LogP contribution in [0.25, 0.3) is 0 Å². The molecule has 1 aromatic rings. The van der Waals surface area contributed by atoms with Gasteiger partial charge in [0.25, 0.3) is 0 Å². The van der Waals surface area contributed by atoms with Gasteiger partial charge in [-0.25, -0.2) is 8.42 Å². The molecule has 0 amide bonds. The van der Waals surface area contributed by atoms with Gasteiger partial charge in [0, 0.05) is 18.1 Å². The highest BCUT2D eigenvalue weighted by Crippen LogP contribution is 2.36. The Labute approximate surface area is 128 Å². The number of hydrogen-bond donors (Lipinski definition) is 1. The summed E-state index contributed by atoms with van der Waals surface area (Å²) in [6.07, 6.45) is -0.435. The van der Waals surface area contributed by atoms with Crippen LogP contribution in [0.3, 0.4) is 0 Å². The van der Waals surface area contributed by atoms with Crippen molar-refractivity contribution in [2.75, 3.05) is 13.1 Å². The second-order valence-electron chi connectivity index (χ2n) is 4.81. The second kappa shape index (κ2) is 5.69. The Kier molecular flexibility index (Phi) is 4.51. The van der Waals surface area contributed by atoms with Crippen molar-refractivity contribution in [1.29, 1.82) is 0 Å². The zero-order valence-electron chi connectivity index (χ0n) is 11.0. The van der Waals surface area contributed by atoms with E-state index in [-0.39, 0.29) is 40.2 Å². The molecule has 0 aliphatic carbocycles. The number of sulfonamides is 1. The molecule has 1 saturated heterocycles. The number of benzene rings is 1. The van der Waals surface area contributed by atoms with Crippen molar-refractivity contribution in [2.24, 2.45) is 0 Å². The molecule has 0 bridgehead atoms. The number of hydrogen-bond acceptors (Lipinski definition) is 4. The number of aromatic hydroxyl groups is 1. The lowest BCUT2D eigenvalue weighted by molar-refractivity contribution is -0.0441. The van der Waals surface area contributed by atoms with E-state index in [1.54, 1.807) is 13.8 Å². The molecule has 1 aliphatic rings. The molecule has 1 aromatic carbocycles. The highest BCUT2D eigenvalue weighted by Gasteiger charge is 2.34. The summed E-state index contributed by atoms with van der Waals surface area (Å²) >= 11 is 11.6. The van der Waals surface area contributed by atoms with Gasteiger partial charge in [0.1, 0.15) is 4.90 Å². The SMILES string of the molecule is CC1CN(S(=O)(=O)c2cc(Cl)cc(Cl)c2O)CC(C)O1. The molecule has 1 aliphatic heterocycles. The molecule has 5 nitrogen and oxygen atoms in total. The van der Waals surface area contributed by atoms with Gasteiger partial charge in [-0.2, -0.15) is 4.31 Å². The average Bonchev–Trinajstić information content (AvgIpc) is 2.32. The Balaban J connectivity index is 2.45. The summed E-state index contributed by atoms with van der Waals surface area (Å²) in [6.45, 7) is 4.03. The number of rotatable bonds is 2. The minimum Gasteiger partial charge on any atom is -0.505 e. The second-order valence-corrected chi connectivity index (χ2v) is 7.56. The third-order valence-electron chi connectivity index (χ3n) is 3.00. The molecule has 112 valence electrons. The van der Waals surface area contributed by atoms with E-state index in [1.807, 2.05) is 0 Å². The fraction of sp³-hybridized carbons (Fsp3) is 0.500. The topological polar surface area (TPSA) is 66.8 Å². The van der Waals surface area contributed by atoms with Crippen LogP contribution in [0.15, 0.2) is 17.0 Å². The van der Waals surface area contributed by atoms with Crippen LogP contribution in [0.1, 0.15) is 13.8 Å². The van der Waals surface area contributed by atoms with Crippen LogP contribution in [0.5, 0.6) is 5.75 Å². The highest BCUT2D eigenvalue weighted by molar-refractivity contribution is 7.89. The molecule has 0 saturated carbocycles. The average molecular weight is 340 g/mol. The Bertz CT molecular complexity index is 610. The zero-order valence-corrected chi connectivity index (χ0v) is 13.3. The molecular weight excluding hydrogens is 325 g/mol. The van der Waals surface area contributed by atoms with Gasteiger partial charge in [-0.1, -0.05) is 23.2 Å². The predicted octanol–water partition coefficient (Wildman–Crippen LogP) is 2.50. The van der Waals surface area contributed by atoms with Crippen LogP contribution in [0.2, 0.25) is 10.0 Å². The fourth-order valence-corrected chi connectivity index (χ4v) is 4.54. The molecule has 1 fully saturated rings. The Morgan fingerprint density at radius 3 is 2.35 bits per heavy atom. The number of phenolic OH excluding ortho intramolecular Hbond substituents is 1. The summed E-state index contributed by atoms with van der Waals surface area (Å²) in [4.78, 5) is -0.281. The largest absolute Gasteiger partial charge is 0.505 e. The molecule has 2 unspecified atom stereocenters. The molecule has 0 radical (unpaired) electrons. The summed E-state index contributed by atoms with van der Waals surface area (Å²) in [5.41, 5.74) is 0. The smallest absolute Gasteiger partial charge is 0.247 e. The van der Waals surface area contributed by atoms with Crippen LogP contribution in [0.4, 0.5) is 0 Å². The Morgan fingerprint density at radius 2 is 1.80 bits per heavy atom. The number of phenols is 1. The maximum absolute atomic E-state index is 12.6. The standard InChI is InChI=1S/C12H15Cl2NO4S/c1-7-5-15(6-8(2)19-7)20(17,18)11-4-9(13)3-10(14)12(11)16/h3-4,7-8,16H,5-6H2,1-2H3. The molecular formula is C12H15Cl2NO4S. The van der Waals surface area contributed by atoms with Crippen molar-refractivity contribution < 1.29 is 18.3 Å². The van der Waals surface area contributed by atoms with Crippen molar-refractivity contribution in [2.45, 2.75) is 31.0 Å². The lowest BCUT2D eigenvalue weighted by atomic mass is 10.3. The highest BCUT2D eigenvalue weighted by atomic mass is 35.5. The van der Waals surface area contributed by atoms with E-state index in [0.29, 0.717) is 0 Å². The van der Waals surface area contributed by atoms with Gasteiger partial charge in [0.05, 0.1) is 17.2 Å². The maximum Gasteiger partial charge on any atom is 0.247 e. The van der Waals surface area contributed by atoms with E-state index < -0.39 is 15.8 Å². The lowest BCUT2D eigenvalue weighted by Crippen LogP contribution is -2.48. The van der Waals surface area contributed by atoms with Gasteiger partial charge < -0.3 is 9.84 Å². The molecule has 2 rings (SSSR count). The normalized spacial score (nSPS) is 24.8. The molecule has 20 heavy (non-hydrogen) atoms. The molecule has 0 aromatic heterocycles. The number of halogens is 2. The van der Waals surface area contributed by atoms with Crippen LogP contribution in [0, 0.1) is 0 Å². The van der Waals surface area contributed by atoms with Crippen LogP contribution < -0.4 is 0 Å². The molecule has 1 N–H and O–H groups in total. The monoisotopic (exact) mass is 339 g/mol. The first-order valence-electron chi connectivity index (χ1n) is 6.05. The molecule has 8 heteroatoms. The molecule has 2 atom stereocenters. The third-order valence-corrected chi connectivity index (χ3v) is 5.35. The summed E-state index contributed by atoms with van der Waals surface area (Å²) in [7, 11) is -3.87. The quantitative estimate of drug-likeness (QED) is 0.898. The van der Waals surface area contributed by atoms with E-state index in [9.17, 15) is 13.5 Å². The van der Waals surface area contributed by atoms with Gasteiger partial charge >= 0.3 is 0 Å². The number of nitrogens with zero attached hydrogens (tertiary/aromatic N) is 1. The van der Waals surface area contributed by atoms with Crippen LogP contribution in [-0.4, -0.2) is 43.1 Å². The van der Waals surface area contributed by atoms with Gasteiger partial charge in [0.15, 0.2) is 5.75 Å². The number of ether oxygens (including phenoxy) is 1. The van der Waals surface area contributed by atoms with Gasteiger partial charge in [-0.3, -0.25) is 0 Å². The molecule has 0 spiro atoms. The number of morpholine rings is 1. The first kappa shape index (κ1) is 15.9. The van der Waals surface area contributed by atoms with Gasteiger partial charge in [-0.15, -0.1) is 0 Å². The molecule has 1 heterocycles. The first-order valence-corrected chi connectivity index (χ1v) is 8.25. The van der Waals surface area contributed by atoms with Gasteiger partial charge in [-0.05, 0) is 26.0 Å². The van der Waals surface area contributed by atoms with Crippen molar-refractivity contribution in [1.82, 2.24) is 4.31 Å². The lowest BCUT2D eigenvalue weighted by Gasteiger charge is -2.34. The van der Waals surface area contributed by atoms with E-state index in [2.05, 4.69) is 0 Å². The predicted molar refractivity (Wildman–Crippen MR) is 76.9 cm³/mol. The van der Waals surface area contributed by atoms with Crippen LogP contribution in [-0.2, 0) is 14.8 Å². The van der Waals surface area contributed by atoms with E-state index in [1.165, 1.54) is 16.4 Å². The van der Waals surface area contributed by atoms with Crippen molar-refractivity contribution in [3.8, 4) is 5.75 Å². The summed E-state index contributed by atoms with van der Waals surface area (Å²) < 4.78 is 32.0. The fourth-order valence-electron chi connectivity index (χ4n) is 2.21. The minimum atomic E-state index is -3.87. The first-order chi connectivity index (χ1) is 9.21. The van der Waals surface area contributed by atoms with Crippen molar-refractivity contribution in [3.05, 3.63) is 22.2 Å². The van der Waals surface area contributed by atoms with Gasteiger partial charge in [0.2, 0.25) is 10.0 Å². The summed E-state index contributed by atoms with van der Waals surface area (Å²) in [6, 6.07) is 2.49. The zero-order chi connectivity index (χ0) is 15.1. The minimum absolute atomic E-state index is 0.0922. The Hall–Kier alpha value is -0.530. The van der Waals surface area contributed by atoms with E-state index in [0.717, 1.165) is 0 Å². The summed E-state index contributed by atoms with van der Waals surface area (Å²) in [5, 5.41) is 9.95. The van der Waals surface area contributed by atoms with Crippen molar-refractivity contribution in [3.63, 3.8) is 0 Å². The van der Waals surface area contributed by atoms with E-state index in [4.69, 9.17) is 27.9 Å². The Morgan fingerprint density at radius 1 is 1.25 bits per heavy atom.